The number of hydrogen-bond acceptors (Lipinski definition) is 3. The molecular formula is C15H20ClNO3. The Kier molecular flexibility index (Phi) is 5.83. The molecular weight excluding hydrogens is 278 g/mol. The van der Waals surface area contributed by atoms with Gasteiger partial charge in [0, 0.05) is 18.1 Å². The molecule has 1 aliphatic rings. The van der Waals surface area contributed by atoms with Gasteiger partial charge in [0.05, 0.1) is 25.7 Å². The first kappa shape index (κ1) is 15.3. The summed E-state index contributed by atoms with van der Waals surface area (Å²) in [4.78, 5) is 14.1. The Balaban J connectivity index is 1.80. The van der Waals surface area contributed by atoms with Crippen LogP contribution in [-0.2, 0) is 16.0 Å². The molecule has 0 saturated carbocycles. The van der Waals surface area contributed by atoms with Gasteiger partial charge in [-0.15, -0.1) is 0 Å². The van der Waals surface area contributed by atoms with Crippen LogP contribution in [0.25, 0.3) is 0 Å². The molecule has 5 heteroatoms. The number of hydrogen-bond donors (Lipinski definition) is 1. The number of benzene rings is 1. The van der Waals surface area contributed by atoms with Gasteiger partial charge in [0.2, 0.25) is 5.91 Å². The molecule has 0 aliphatic carbocycles. The summed E-state index contributed by atoms with van der Waals surface area (Å²) in [6.45, 7) is 1.86. The highest BCUT2D eigenvalue weighted by atomic mass is 35.5. The number of amides is 1. The number of nitrogens with zero attached hydrogens (tertiary/aromatic N) is 1. The number of ether oxygens (including phenoxy) is 1. The maximum absolute atomic E-state index is 12.2. The summed E-state index contributed by atoms with van der Waals surface area (Å²) in [6.07, 6.45) is 2.23. The second kappa shape index (κ2) is 7.62. The lowest BCUT2D eigenvalue weighted by atomic mass is 10.1. The molecule has 2 rings (SSSR count). The highest BCUT2D eigenvalue weighted by molar-refractivity contribution is 6.30. The van der Waals surface area contributed by atoms with E-state index in [2.05, 4.69) is 0 Å². The summed E-state index contributed by atoms with van der Waals surface area (Å²) in [6, 6.07) is 7.41. The maximum Gasteiger partial charge on any atom is 0.226 e. The lowest BCUT2D eigenvalue weighted by Gasteiger charge is -2.32. The number of carbonyl (C=O) groups is 1. The van der Waals surface area contributed by atoms with Crippen LogP contribution in [0.4, 0.5) is 0 Å². The second-order valence-corrected chi connectivity index (χ2v) is 5.42. The summed E-state index contributed by atoms with van der Waals surface area (Å²) in [5.74, 6) is 0.132. The normalized spacial score (nSPS) is 16.4. The van der Waals surface area contributed by atoms with Gasteiger partial charge in [0.15, 0.2) is 0 Å². The van der Waals surface area contributed by atoms with Gasteiger partial charge in [-0.1, -0.05) is 23.7 Å². The van der Waals surface area contributed by atoms with Crippen molar-refractivity contribution in [2.75, 3.05) is 26.3 Å². The number of rotatable bonds is 5. The Bertz CT molecular complexity index is 444. The molecule has 1 aliphatic heterocycles. The summed E-state index contributed by atoms with van der Waals surface area (Å²) in [7, 11) is 0. The number of aliphatic hydroxyl groups is 1. The third kappa shape index (κ3) is 4.47. The molecule has 4 nitrogen and oxygen atoms in total. The minimum atomic E-state index is 0.0495. The molecule has 0 radical (unpaired) electrons. The fourth-order valence-electron chi connectivity index (χ4n) is 2.42. The fourth-order valence-corrected chi connectivity index (χ4v) is 2.64. The van der Waals surface area contributed by atoms with E-state index in [-0.39, 0.29) is 18.6 Å². The van der Waals surface area contributed by atoms with Gasteiger partial charge in [-0.3, -0.25) is 4.79 Å². The molecule has 1 heterocycles. The van der Waals surface area contributed by atoms with Gasteiger partial charge in [-0.05, 0) is 30.5 Å². The van der Waals surface area contributed by atoms with Crippen LogP contribution in [0, 0.1) is 0 Å². The van der Waals surface area contributed by atoms with Gasteiger partial charge in [0.25, 0.3) is 0 Å². The molecule has 0 bridgehead atoms. The van der Waals surface area contributed by atoms with Crippen LogP contribution in [0.15, 0.2) is 24.3 Å². The van der Waals surface area contributed by atoms with Crippen molar-refractivity contribution in [3.8, 4) is 0 Å². The van der Waals surface area contributed by atoms with E-state index in [0.29, 0.717) is 18.1 Å². The van der Waals surface area contributed by atoms with E-state index in [0.717, 1.165) is 31.5 Å². The molecule has 1 amide bonds. The molecule has 1 N–H and O–H groups in total. The fraction of sp³-hybridized carbons (Fsp3) is 0.533. The monoisotopic (exact) mass is 297 g/mol. The van der Waals surface area contributed by atoms with Gasteiger partial charge >= 0.3 is 0 Å². The largest absolute Gasteiger partial charge is 0.394 e. The zero-order valence-corrected chi connectivity index (χ0v) is 12.2. The maximum atomic E-state index is 12.2. The van der Waals surface area contributed by atoms with Crippen LogP contribution in [0.1, 0.15) is 18.4 Å². The molecule has 0 spiro atoms. The molecule has 0 aromatic heterocycles. The summed E-state index contributed by atoms with van der Waals surface area (Å²) in [5.41, 5.74) is 0.946. The summed E-state index contributed by atoms with van der Waals surface area (Å²) >= 11 is 5.92. The molecule has 1 saturated heterocycles. The molecule has 1 aromatic carbocycles. The zero-order chi connectivity index (χ0) is 14.4. The van der Waals surface area contributed by atoms with Crippen LogP contribution < -0.4 is 0 Å². The van der Waals surface area contributed by atoms with Crippen LogP contribution in [0.2, 0.25) is 5.02 Å². The van der Waals surface area contributed by atoms with Crippen molar-refractivity contribution in [2.24, 2.45) is 0 Å². The Morgan fingerprint density at radius 1 is 1.40 bits per heavy atom. The van der Waals surface area contributed by atoms with Gasteiger partial charge in [0.1, 0.15) is 0 Å². The molecule has 1 fully saturated rings. The molecule has 20 heavy (non-hydrogen) atoms. The number of halogens is 1. The van der Waals surface area contributed by atoms with E-state index >= 15 is 0 Å². The molecule has 0 atom stereocenters. The lowest BCUT2D eigenvalue weighted by molar-refractivity contribution is -0.133. The number of piperidine rings is 1. The van der Waals surface area contributed by atoms with Crippen molar-refractivity contribution >= 4 is 17.5 Å². The second-order valence-electron chi connectivity index (χ2n) is 4.98. The van der Waals surface area contributed by atoms with Crippen LogP contribution in [0.5, 0.6) is 0 Å². The lowest BCUT2D eigenvalue weighted by Crippen LogP contribution is -2.41. The standard InChI is InChI=1S/C15H20ClNO3/c16-13-3-1-2-12(10-13)11-15(19)17-6-4-14(5-7-17)20-9-8-18/h1-3,10,14,18H,4-9,11H2. The topological polar surface area (TPSA) is 49.8 Å². The average Bonchev–Trinajstić information content (AvgIpc) is 2.45. The van der Waals surface area contributed by atoms with Gasteiger partial charge in [-0.2, -0.15) is 0 Å². The van der Waals surface area contributed by atoms with E-state index in [4.69, 9.17) is 21.4 Å². The smallest absolute Gasteiger partial charge is 0.226 e. The first-order chi connectivity index (χ1) is 9.69. The van der Waals surface area contributed by atoms with E-state index in [1.165, 1.54) is 0 Å². The van der Waals surface area contributed by atoms with Crippen LogP contribution in [-0.4, -0.2) is 48.3 Å². The van der Waals surface area contributed by atoms with E-state index in [1.54, 1.807) is 6.07 Å². The predicted octanol–water partition coefficient (Wildman–Crippen LogP) is 1.88. The Morgan fingerprint density at radius 3 is 2.80 bits per heavy atom. The minimum Gasteiger partial charge on any atom is -0.394 e. The Morgan fingerprint density at radius 2 is 2.15 bits per heavy atom. The van der Waals surface area contributed by atoms with Crippen molar-refractivity contribution in [3.05, 3.63) is 34.9 Å². The summed E-state index contributed by atoms with van der Waals surface area (Å²) < 4.78 is 5.49. The SMILES string of the molecule is O=C(Cc1cccc(Cl)c1)N1CCC(OCCO)CC1. The predicted molar refractivity (Wildman–Crippen MR) is 77.8 cm³/mol. The third-order valence-corrected chi connectivity index (χ3v) is 3.72. The van der Waals surface area contributed by atoms with Gasteiger partial charge in [-0.25, -0.2) is 0 Å². The highest BCUT2D eigenvalue weighted by Crippen LogP contribution is 2.16. The summed E-state index contributed by atoms with van der Waals surface area (Å²) in [5, 5.41) is 9.38. The van der Waals surface area contributed by atoms with E-state index in [9.17, 15) is 4.79 Å². The first-order valence-electron chi connectivity index (χ1n) is 6.93. The minimum absolute atomic E-state index is 0.0495. The third-order valence-electron chi connectivity index (χ3n) is 3.48. The van der Waals surface area contributed by atoms with Crippen LogP contribution in [0.3, 0.4) is 0 Å². The number of aliphatic hydroxyl groups excluding tert-OH is 1. The van der Waals surface area contributed by atoms with Crippen molar-refractivity contribution in [3.63, 3.8) is 0 Å². The Labute approximate surface area is 124 Å². The molecule has 110 valence electrons. The van der Waals surface area contributed by atoms with E-state index in [1.807, 2.05) is 23.1 Å². The van der Waals surface area contributed by atoms with Crippen molar-refractivity contribution < 1.29 is 14.6 Å². The van der Waals surface area contributed by atoms with Gasteiger partial charge < -0.3 is 14.7 Å². The quantitative estimate of drug-likeness (QED) is 0.903. The van der Waals surface area contributed by atoms with Crippen molar-refractivity contribution in [1.29, 1.82) is 0 Å². The average molecular weight is 298 g/mol. The first-order valence-corrected chi connectivity index (χ1v) is 7.31. The zero-order valence-electron chi connectivity index (χ0n) is 11.4. The number of likely N-dealkylation sites (tertiary alicyclic amines) is 1. The van der Waals surface area contributed by atoms with Crippen molar-refractivity contribution in [1.82, 2.24) is 4.90 Å². The molecule has 0 unspecified atom stereocenters. The Hall–Kier alpha value is -1.10. The van der Waals surface area contributed by atoms with E-state index < -0.39 is 0 Å². The molecule has 1 aromatic rings. The van der Waals surface area contributed by atoms with Crippen molar-refractivity contribution in [2.45, 2.75) is 25.4 Å². The van der Waals surface area contributed by atoms with Crippen LogP contribution >= 0.6 is 11.6 Å². The highest BCUT2D eigenvalue weighted by Gasteiger charge is 2.23. The number of carbonyl (C=O) groups excluding carboxylic acids is 1.